The highest BCUT2D eigenvalue weighted by atomic mass is 16.5. The molecule has 20 heavy (non-hydrogen) atoms. The van der Waals surface area contributed by atoms with E-state index >= 15 is 0 Å². The molecule has 5 heteroatoms. The third-order valence-electron chi connectivity index (χ3n) is 3.17. The Hall–Kier alpha value is -2.56. The molecular formula is C15H13NO4. The number of ether oxygens (including phenoxy) is 1. The number of nitrogens with zero attached hydrogens (tertiary/aromatic N) is 1. The predicted molar refractivity (Wildman–Crippen MR) is 70.8 cm³/mol. The van der Waals surface area contributed by atoms with E-state index in [9.17, 15) is 9.59 Å². The quantitative estimate of drug-likeness (QED) is 0.802. The van der Waals surface area contributed by atoms with Gasteiger partial charge in [0.2, 0.25) is 0 Å². The van der Waals surface area contributed by atoms with Crippen molar-refractivity contribution in [3.05, 3.63) is 53.5 Å². The Morgan fingerprint density at radius 2 is 2.05 bits per heavy atom. The molecule has 3 rings (SSSR count). The van der Waals surface area contributed by atoms with Gasteiger partial charge in [-0.15, -0.1) is 0 Å². The van der Waals surface area contributed by atoms with Crippen LogP contribution in [0.25, 0.3) is 0 Å². The smallest absolute Gasteiger partial charge is 0.258 e. The molecule has 0 aliphatic carbocycles. The van der Waals surface area contributed by atoms with E-state index in [0.29, 0.717) is 43.1 Å². The van der Waals surface area contributed by atoms with Gasteiger partial charge in [0.1, 0.15) is 18.1 Å². The summed E-state index contributed by atoms with van der Waals surface area (Å²) in [7, 11) is 0. The molecule has 1 aliphatic heterocycles. The third-order valence-corrected chi connectivity index (χ3v) is 3.17. The normalized spacial score (nSPS) is 14.4. The average molecular weight is 271 g/mol. The first kappa shape index (κ1) is 12.5. The lowest BCUT2D eigenvalue weighted by atomic mass is 10.2. The highest BCUT2D eigenvalue weighted by molar-refractivity contribution is 5.97. The van der Waals surface area contributed by atoms with Gasteiger partial charge < -0.3 is 14.1 Å². The summed E-state index contributed by atoms with van der Waals surface area (Å²) < 4.78 is 10.9. The molecule has 0 spiro atoms. The number of carbonyl (C=O) groups excluding carboxylic acids is 2. The summed E-state index contributed by atoms with van der Waals surface area (Å²) >= 11 is 0. The van der Waals surface area contributed by atoms with Crippen LogP contribution in [0, 0.1) is 0 Å². The number of hydrogen-bond donors (Lipinski definition) is 0. The van der Waals surface area contributed by atoms with Crippen LogP contribution in [-0.2, 0) is 6.54 Å². The second-order valence-electron chi connectivity index (χ2n) is 4.49. The standard InChI is InChI=1S/C15H13NO4/c17-10-12-6-5-11(20-12)9-16-7-8-19-14-4-2-1-3-13(14)15(16)18/h1-6,10H,7-9H2. The zero-order chi connectivity index (χ0) is 13.9. The minimum Gasteiger partial charge on any atom is -0.491 e. The molecule has 0 saturated heterocycles. The van der Waals surface area contributed by atoms with Gasteiger partial charge in [-0.25, -0.2) is 0 Å². The monoisotopic (exact) mass is 271 g/mol. The lowest BCUT2D eigenvalue weighted by molar-refractivity contribution is 0.0730. The molecule has 0 radical (unpaired) electrons. The van der Waals surface area contributed by atoms with Gasteiger partial charge in [-0.05, 0) is 24.3 Å². The molecule has 1 aliphatic rings. The molecule has 2 heterocycles. The molecule has 0 N–H and O–H groups in total. The number of rotatable bonds is 3. The summed E-state index contributed by atoms with van der Waals surface area (Å²) in [4.78, 5) is 24.7. The number of aldehydes is 1. The number of carbonyl (C=O) groups is 2. The van der Waals surface area contributed by atoms with Gasteiger partial charge in [0.25, 0.3) is 5.91 Å². The van der Waals surface area contributed by atoms with Crippen LogP contribution in [0.2, 0.25) is 0 Å². The largest absolute Gasteiger partial charge is 0.491 e. The second kappa shape index (κ2) is 5.21. The molecular weight excluding hydrogens is 258 g/mol. The van der Waals surface area contributed by atoms with Crippen LogP contribution in [0.5, 0.6) is 5.75 Å². The van der Waals surface area contributed by atoms with Gasteiger partial charge in [-0.1, -0.05) is 12.1 Å². The van der Waals surface area contributed by atoms with Crippen molar-refractivity contribution in [2.75, 3.05) is 13.2 Å². The summed E-state index contributed by atoms with van der Waals surface area (Å²) in [5.74, 6) is 1.36. The fourth-order valence-corrected chi connectivity index (χ4v) is 2.19. The van der Waals surface area contributed by atoms with Gasteiger partial charge in [-0.3, -0.25) is 9.59 Å². The molecule has 2 aromatic rings. The molecule has 102 valence electrons. The highest BCUT2D eigenvalue weighted by Gasteiger charge is 2.23. The van der Waals surface area contributed by atoms with Crippen molar-refractivity contribution in [3.8, 4) is 5.75 Å². The van der Waals surface area contributed by atoms with Gasteiger partial charge >= 0.3 is 0 Å². The Morgan fingerprint density at radius 1 is 1.20 bits per heavy atom. The minimum absolute atomic E-state index is 0.0952. The van der Waals surface area contributed by atoms with E-state index < -0.39 is 0 Å². The Balaban J connectivity index is 1.83. The zero-order valence-electron chi connectivity index (χ0n) is 10.7. The molecule has 5 nitrogen and oxygen atoms in total. The van der Waals surface area contributed by atoms with Gasteiger partial charge in [-0.2, -0.15) is 0 Å². The van der Waals surface area contributed by atoms with Crippen molar-refractivity contribution < 1.29 is 18.7 Å². The second-order valence-corrected chi connectivity index (χ2v) is 4.49. The van der Waals surface area contributed by atoms with Gasteiger partial charge in [0.15, 0.2) is 12.0 Å². The van der Waals surface area contributed by atoms with E-state index in [4.69, 9.17) is 9.15 Å². The van der Waals surface area contributed by atoms with Crippen molar-refractivity contribution in [1.82, 2.24) is 4.90 Å². The van der Waals surface area contributed by atoms with Crippen molar-refractivity contribution in [3.63, 3.8) is 0 Å². The molecule has 0 atom stereocenters. The van der Waals surface area contributed by atoms with Gasteiger partial charge in [0.05, 0.1) is 18.7 Å². The van der Waals surface area contributed by atoms with E-state index in [1.807, 2.05) is 6.07 Å². The van der Waals surface area contributed by atoms with Crippen molar-refractivity contribution in [1.29, 1.82) is 0 Å². The number of benzene rings is 1. The minimum atomic E-state index is -0.0952. The topological polar surface area (TPSA) is 59.8 Å². The number of amides is 1. The maximum atomic E-state index is 12.5. The lowest BCUT2D eigenvalue weighted by Gasteiger charge is -2.18. The van der Waals surface area contributed by atoms with Crippen LogP contribution >= 0.6 is 0 Å². The van der Waals surface area contributed by atoms with Crippen molar-refractivity contribution in [2.24, 2.45) is 0 Å². The van der Waals surface area contributed by atoms with Crippen molar-refractivity contribution in [2.45, 2.75) is 6.54 Å². The van der Waals surface area contributed by atoms with E-state index in [1.54, 1.807) is 35.2 Å². The molecule has 1 aromatic heterocycles. The van der Waals surface area contributed by atoms with Crippen LogP contribution in [0.1, 0.15) is 26.7 Å². The Kier molecular flexibility index (Phi) is 3.25. The van der Waals surface area contributed by atoms with Crippen LogP contribution in [0.3, 0.4) is 0 Å². The lowest BCUT2D eigenvalue weighted by Crippen LogP contribution is -2.31. The van der Waals surface area contributed by atoms with E-state index in [1.165, 1.54) is 0 Å². The molecule has 0 saturated carbocycles. The Labute approximate surface area is 115 Å². The molecule has 1 aromatic carbocycles. The van der Waals surface area contributed by atoms with Crippen LogP contribution < -0.4 is 4.74 Å². The fourth-order valence-electron chi connectivity index (χ4n) is 2.19. The van der Waals surface area contributed by atoms with Crippen LogP contribution in [0.4, 0.5) is 0 Å². The number of furan rings is 1. The Bertz CT molecular complexity index is 647. The fraction of sp³-hybridized carbons (Fsp3) is 0.200. The first-order chi connectivity index (χ1) is 9.78. The Morgan fingerprint density at radius 3 is 2.85 bits per heavy atom. The maximum Gasteiger partial charge on any atom is 0.258 e. The van der Waals surface area contributed by atoms with Crippen LogP contribution in [-0.4, -0.2) is 30.2 Å². The number of hydrogen-bond acceptors (Lipinski definition) is 4. The van der Waals surface area contributed by atoms with Gasteiger partial charge in [0, 0.05) is 0 Å². The number of para-hydroxylation sites is 1. The average Bonchev–Trinajstić information content (AvgIpc) is 2.87. The molecule has 0 bridgehead atoms. The summed E-state index contributed by atoms with van der Waals surface area (Å²) in [6.45, 7) is 1.24. The first-order valence-corrected chi connectivity index (χ1v) is 6.33. The van der Waals surface area contributed by atoms with E-state index in [0.717, 1.165) is 0 Å². The molecule has 0 fully saturated rings. The highest BCUT2D eigenvalue weighted by Crippen LogP contribution is 2.23. The van der Waals surface area contributed by atoms with E-state index in [-0.39, 0.29) is 11.7 Å². The summed E-state index contributed by atoms with van der Waals surface area (Å²) in [6, 6.07) is 10.5. The predicted octanol–water partition coefficient (Wildman–Crippen LogP) is 2.13. The maximum absolute atomic E-state index is 12.5. The molecule has 1 amide bonds. The van der Waals surface area contributed by atoms with E-state index in [2.05, 4.69) is 0 Å². The summed E-state index contributed by atoms with van der Waals surface area (Å²) in [5, 5.41) is 0. The molecule has 0 unspecified atom stereocenters. The summed E-state index contributed by atoms with van der Waals surface area (Å²) in [6.07, 6.45) is 0.645. The first-order valence-electron chi connectivity index (χ1n) is 6.33. The zero-order valence-corrected chi connectivity index (χ0v) is 10.7. The number of fused-ring (bicyclic) bond motifs is 1. The van der Waals surface area contributed by atoms with Crippen molar-refractivity contribution >= 4 is 12.2 Å². The van der Waals surface area contributed by atoms with Crippen LogP contribution in [0.15, 0.2) is 40.8 Å². The third kappa shape index (κ3) is 2.30. The SMILES string of the molecule is O=Cc1ccc(CN2CCOc3ccccc3C2=O)o1. The summed E-state index contributed by atoms with van der Waals surface area (Å²) in [5.41, 5.74) is 0.548.